The molecule has 7 N–H and O–H groups in total. The zero-order valence-electron chi connectivity index (χ0n) is 22.8. The molecule has 0 saturated carbocycles. The summed E-state index contributed by atoms with van der Waals surface area (Å²) in [5.74, 6) is -0.971. The highest BCUT2D eigenvalue weighted by atomic mass is 35.5. The number of aromatic nitrogens is 8. The summed E-state index contributed by atoms with van der Waals surface area (Å²) in [4.78, 5) is 44.3. The molecule has 0 aliphatic carbocycles. The summed E-state index contributed by atoms with van der Waals surface area (Å²) >= 11 is 6.00. The van der Waals surface area contributed by atoms with E-state index < -0.39 is 20.6 Å². The maximum absolute atomic E-state index is 12.1. The van der Waals surface area contributed by atoms with E-state index in [9.17, 15) is 14.0 Å². The Balaban J connectivity index is 0.000000168. The van der Waals surface area contributed by atoms with Gasteiger partial charge in [0, 0.05) is 0 Å². The van der Waals surface area contributed by atoms with Crippen molar-refractivity contribution in [1.29, 1.82) is 0 Å². The normalized spacial score (nSPS) is 24.1. The molecule has 0 spiro atoms. The van der Waals surface area contributed by atoms with Gasteiger partial charge in [0.1, 0.15) is 29.9 Å². The van der Waals surface area contributed by atoms with E-state index >= 15 is 0 Å². The molecule has 6 rings (SSSR count). The second kappa shape index (κ2) is 11.6. The van der Waals surface area contributed by atoms with Crippen LogP contribution in [-0.2, 0) is 31.7 Å². The van der Waals surface area contributed by atoms with Gasteiger partial charge in [-0.3, -0.25) is 0 Å². The minimum Gasteiger partial charge on any atom is -0.777 e. The zero-order valence-corrected chi connectivity index (χ0v) is 25.3. The van der Waals surface area contributed by atoms with Crippen LogP contribution in [0.1, 0.15) is 25.7 Å². The fraction of sp³-hybridized carbons (Fsp3) is 0.545. The molecule has 0 radical (unpaired) electrons. The van der Waals surface area contributed by atoms with Crippen molar-refractivity contribution in [2.24, 2.45) is 0 Å². The number of rotatable bonds is 6. The van der Waals surface area contributed by atoms with Crippen molar-refractivity contribution in [2.45, 2.75) is 62.7 Å². The van der Waals surface area contributed by atoms with Gasteiger partial charge < -0.3 is 54.7 Å². The molecule has 2 saturated heterocycles. The third-order valence-corrected chi connectivity index (χ3v) is 10.1. The molecule has 2 aliphatic heterocycles. The molecule has 4 aromatic rings. The highest BCUT2D eigenvalue weighted by Crippen LogP contribution is 2.49. The maximum Gasteiger partial charge on any atom is 0.224 e. The first-order chi connectivity index (χ1) is 19.7. The summed E-state index contributed by atoms with van der Waals surface area (Å²) in [7, 11) is -6.69. The van der Waals surface area contributed by atoms with E-state index in [-0.39, 0.29) is 47.3 Å². The van der Waals surface area contributed by atoms with Crippen LogP contribution in [0.4, 0.5) is 17.7 Å². The molecule has 0 amide bonds. The predicted molar refractivity (Wildman–Crippen MR) is 154 cm³/mol. The fourth-order valence-corrected chi connectivity index (χ4v) is 7.21. The van der Waals surface area contributed by atoms with Crippen molar-refractivity contribution < 1.29 is 28.4 Å². The summed E-state index contributed by atoms with van der Waals surface area (Å²) in [6.45, 7) is 4.45. The molecule has 0 aromatic carbocycles. The van der Waals surface area contributed by atoms with Gasteiger partial charge in [-0.25, -0.2) is 9.97 Å². The zero-order chi connectivity index (χ0) is 30.4. The first-order valence-corrected chi connectivity index (χ1v) is 17.6. The molecule has 4 aromatic heterocycles. The lowest BCUT2D eigenvalue weighted by Gasteiger charge is -2.23. The molecule has 228 valence electrons. The molecule has 2 aliphatic rings. The second-order valence-corrected chi connectivity index (χ2v) is 16.1. The minimum atomic E-state index is -4.47. The summed E-state index contributed by atoms with van der Waals surface area (Å²) in [6.07, 6.45) is 5.25. The summed E-state index contributed by atoms with van der Waals surface area (Å²) in [5.41, 5.74) is 18.9. The number of nitrogens with zero attached hydrogens (tertiary/aromatic N) is 8. The number of hydrogen-bond donors (Lipinski definition) is 4. The van der Waals surface area contributed by atoms with Crippen LogP contribution in [0, 0.1) is 0 Å². The molecular formula is C22H31ClN11O6P2-. The summed E-state index contributed by atoms with van der Waals surface area (Å²) in [6, 6.07) is 0. The number of nitrogen functional groups attached to an aromatic ring is 3. The Morgan fingerprint density at radius 1 is 0.881 bits per heavy atom. The number of hydrogen-bond acceptors (Lipinski definition) is 14. The van der Waals surface area contributed by atoms with Gasteiger partial charge in [-0.15, -0.1) is 0 Å². The van der Waals surface area contributed by atoms with Crippen molar-refractivity contribution >= 4 is 66.4 Å². The minimum absolute atomic E-state index is 0.00408. The lowest BCUT2D eigenvalue weighted by atomic mass is 10.2. The van der Waals surface area contributed by atoms with E-state index in [2.05, 4.69) is 29.9 Å². The smallest absolute Gasteiger partial charge is 0.224 e. The van der Waals surface area contributed by atoms with Gasteiger partial charge in [-0.1, -0.05) is 11.6 Å². The third kappa shape index (κ3) is 6.67. The first-order valence-electron chi connectivity index (χ1n) is 13.0. The molecule has 2 fully saturated rings. The van der Waals surface area contributed by atoms with Gasteiger partial charge in [-0.2, -0.15) is 19.9 Å². The van der Waals surface area contributed by atoms with E-state index in [1.165, 1.54) is 6.33 Å². The van der Waals surface area contributed by atoms with E-state index in [1.54, 1.807) is 24.2 Å². The number of ether oxygens (including phenoxy) is 2. The maximum atomic E-state index is 12.1. The molecular weight excluding hydrogens is 612 g/mol. The van der Waals surface area contributed by atoms with Gasteiger partial charge in [0.25, 0.3) is 0 Å². The molecule has 6 heterocycles. The lowest BCUT2D eigenvalue weighted by molar-refractivity contribution is -0.204. The third-order valence-electron chi connectivity index (χ3n) is 6.98. The van der Waals surface area contributed by atoms with Crippen molar-refractivity contribution in [3.63, 3.8) is 0 Å². The molecule has 5 atom stereocenters. The van der Waals surface area contributed by atoms with Crippen LogP contribution in [0.25, 0.3) is 22.3 Å². The van der Waals surface area contributed by atoms with E-state index in [0.717, 1.165) is 12.8 Å². The Morgan fingerprint density at radius 2 is 1.38 bits per heavy atom. The van der Waals surface area contributed by atoms with Crippen molar-refractivity contribution in [3.05, 3.63) is 17.8 Å². The summed E-state index contributed by atoms with van der Waals surface area (Å²) < 4.78 is 37.9. The van der Waals surface area contributed by atoms with Crippen molar-refractivity contribution in [1.82, 2.24) is 39.0 Å². The Bertz CT molecular complexity index is 1580. The van der Waals surface area contributed by atoms with Crippen LogP contribution in [0.15, 0.2) is 12.7 Å². The Morgan fingerprint density at radius 3 is 1.90 bits per heavy atom. The number of nitrogens with two attached hydrogens (primary N) is 3. The number of halogens is 1. The topological polar surface area (TPSA) is 261 Å². The van der Waals surface area contributed by atoms with Gasteiger partial charge in [0.05, 0.1) is 38.0 Å². The quantitative estimate of drug-likeness (QED) is 0.170. The molecule has 17 nitrogen and oxygen atoms in total. The van der Waals surface area contributed by atoms with Crippen LogP contribution in [0.2, 0.25) is 5.15 Å². The monoisotopic (exact) mass is 642 g/mol. The fourth-order valence-electron chi connectivity index (χ4n) is 4.95. The Labute approximate surface area is 244 Å². The second-order valence-electron chi connectivity index (χ2n) is 10.6. The average Bonchev–Trinajstić information content (AvgIpc) is 3.67. The standard InChI is InChI=1S/C12H17ClN5O2P.C10H15N6O4P/c1-21(2,19)8-4-3-7(20-8)5-18-6-15-9-10(13)16-12(14)17-11(9)18;11-8-7-9(15-10(12)14-8)16(4-13-7)3-5-1-2-6(20-5)21(17,18)19/h6-8H,3-5H2,1-2H3,(H2,14,16,17);4-6H,1-3H2,(H2,17,18,19)(H4,11,12,14,15)/p-1/t7-,8-;5-,6?/m11/s1. The molecule has 20 heteroatoms. The molecule has 0 bridgehead atoms. The van der Waals surface area contributed by atoms with Crippen LogP contribution >= 0.6 is 26.3 Å². The SMILES string of the molecule is CP(C)(=O)[C@@H]1CC[C@H](Cn2cnc3c(Cl)nc(N)nc32)O1.Nc1nc(N)c2ncn(C[C@H]3CCC(P(=O)([O-])O)O3)c2n1. The molecule has 2 unspecified atom stereocenters. The van der Waals surface area contributed by atoms with Crippen LogP contribution < -0.4 is 22.1 Å². The Kier molecular flexibility index (Phi) is 8.47. The number of imidazole rings is 2. The van der Waals surface area contributed by atoms with Crippen LogP contribution in [0.5, 0.6) is 0 Å². The number of fused-ring (bicyclic) bond motifs is 2. The Hall–Kier alpha value is -2.91. The highest BCUT2D eigenvalue weighted by molar-refractivity contribution is 7.62. The van der Waals surface area contributed by atoms with Crippen LogP contribution in [0.3, 0.4) is 0 Å². The van der Waals surface area contributed by atoms with Crippen molar-refractivity contribution in [2.75, 3.05) is 30.5 Å². The van der Waals surface area contributed by atoms with Crippen LogP contribution in [-0.4, -0.2) is 81.2 Å². The first kappa shape index (κ1) is 30.5. The number of anilines is 3. The largest absolute Gasteiger partial charge is 0.777 e. The molecule has 42 heavy (non-hydrogen) atoms. The van der Waals surface area contributed by atoms with E-state index in [0.29, 0.717) is 41.8 Å². The van der Waals surface area contributed by atoms with Gasteiger partial charge in [0.15, 0.2) is 29.9 Å². The summed E-state index contributed by atoms with van der Waals surface area (Å²) in [5, 5.41) is 0.244. The lowest BCUT2D eigenvalue weighted by Crippen LogP contribution is -2.20. The van der Waals surface area contributed by atoms with Gasteiger partial charge in [-0.05, 0) is 39.0 Å². The predicted octanol–water partition coefficient (Wildman–Crippen LogP) is 1.23. The van der Waals surface area contributed by atoms with Gasteiger partial charge >= 0.3 is 0 Å². The van der Waals surface area contributed by atoms with Gasteiger partial charge in [0.2, 0.25) is 11.9 Å². The average molecular weight is 643 g/mol. The van der Waals surface area contributed by atoms with Crippen molar-refractivity contribution in [3.8, 4) is 0 Å². The van der Waals surface area contributed by atoms with E-state index in [1.807, 2.05) is 4.57 Å². The highest BCUT2D eigenvalue weighted by Gasteiger charge is 2.34. The van der Waals surface area contributed by atoms with E-state index in [4.69, 9.17) is 43.2 Å².